The number of nitrogens with zero attached hydrogens (tertiary/aromatic N) is 2. The molecular weight excluding hydrogens is 713 g/mol. The van der Waals surface area contributed by atoms with Gasteiger partial charge >= 0.3 is 0 Å². The Bertz CT molecular complexity index is 2620. The molecule has 0 spiro atoms. The molecule has 0 radical (unpaired) electrons. The summed E-state index contributed by atoms with van der Waals surface area (Å²) in [6.07, 6.45) is 20.2. The third kappa shape index (κ3) is 6.53. The third-order valence-corrected chi connectivity index (χ3v) is 15.4. The molecular formula is C57H60N2. The second-order valence-corrected chi connectivity index (χ2v) is 19.2. The van der Waals surface area contributed by atoms with Crippen LogP contribution in [0.4, 0.5) is 17.1 Å². The van der Waals surface area contributed by atoms with Crippen LogP contribution in [0.1, 0.15) is 156 Å². The van der Waals surface area contributed by atoms with Crippen molar-refractivity contribution < 1.29 is 0 Å². The maximum absolute atomic E-state index is 2.59. The lowest BCUT2D eigenvalue weighted by molar-refractivity contribution is 0.443. The zero-order chi connectivity index (χ0) is 39.5. The lowest BCUT2D eigenvalue weighted by atomic mass is 9.79. The molecule has 0 amide bonds. The van der Waals surface area contributed by atoms with E-state index in [4.69, 9.17) is 0 Å². The number of rotatable bonds is 7. The molecule has 3 saturated carbocycles. The number of benzene rings is 6. The number of hydrogen-bond donors (Lipinski definition) is 0. The lowest BCUT2D eigenvalue weighted by Gasteiger charge is -2.29. The molecule has 7 aromatic rings. The first-order chi connectivity index (χ1) is 29.0. The predicted octanol–water partition coefficient (Wildman–Crippen LogP) is 16.7. The van der Waals surface area contributed by atoms with Gasteiger partial charge in [-0.25, -0.2) is 0 Å². The summed E-state index contributed by atoms with van der Waals surface area (Å²) in [5.41, 5.74) is 17.7. The van der Waals surface area contributed by atoms with Crippen LogP contribution in [0.3, 0.4) is 0 Å². The highest BCUT2D eigenvalue weighted by atomic mass is 15.1. The van der Waals surface area contributed by atoms with Gasteiger partial charge in [-0.1, -0.05) is 138 Å². The molecule has 1 aromatic heterocycles. The van der Waals surface area contributed by atoms with E-state index < -0.39 is 0 Å². The molecule has 4 aliphatic carbocycles. The maximum atomic E-state index is 2.59. The van der Waals surface area contributed by atoms with Gasteiger partial charge in [-0.15, -0.1) is 0 Å². The van der Waals surface area contributed by atoms with Gasteiger partial charge in [0.2, 0.25) is 0 Å². The summed E-state index contributed by atoms with van der Waals surface area (Å²) in [6, 6.07) is 50.2. The second kappa shape index (κ2) is 15.2. The molecule has 1 heterocycles. The number of fused-ring (bicyclic) bond motifs is 6. The monoisotopic (exact) mass is 772 g/mol. The Hall–Kier alpha value is -5.08. The van der Waals surface area contributed by atoms with E-state index in [1.165, 1.54) is 174 Å². The van der Waals surface area contributed by atoms with Crippen molar-refractivity contribution in [1.82, 2.24) is 4.57 Å². The fourth-order valence-electron chi connectivity index (χ4n) is 12.1. The molecule has 0 N–H and O–H groups in total. The van der Waals surface area contributed by atoms with Gasteiger partial charge in [-0.2, -0.15) is 0 Å². The summed E-state index contributed by atoms with van der Waals surface area (Å²) in [5, 5.41) is 2.64. The summed E-state index contributed by atoms with van der Waals surface area (Å²) in [6.45, 7) is 4.92. The average molecular weight is 773 g/mol. The molecule has 0 unspecified atom stereocenters. The molecule has 0 saturated heterocycles. The number of anilines is 3. The number of hydrogen-bond acceptors (Lipinski definition) is 1. The standard InChI is InChI=1S/C57H60N2/c1-57(2)53-35-43(40-17-9-4-10-18-40)25-31-49(53)50-33-29-48(38-54(50)57)58(46-27-23-42(24-28-46)39-15-7-3-8-16-39)47-30-34-55-52(37-47)51-32-26-44(41-19-11-5-12-20-41)36-56(51)59(55)45-21-13-6-14-22-45/h6,13-14,21-41H,3-5,7-12,15-20H2,1-2H3. The summed E-state index contributed by atoms with van der Waals surface area (Å²) in [7, 11) is 0. The van der Waals surface area contributed by atoms with E-state index in [2.05, 4.69) is 151 Å². The van der Waals surface area contributed by atoms with E-state index in [0.29, 0.717) is 17.8 Å². The van der Waals surface area contributed by atoms with Crippen LogP contribution < -0.4 is 4.90 Å². The Morgan fingerprint density at radius 3 is 1.59 bits per heavy atom. The van der Waals surface area contributed by atoms with Gasteiger partial charge in [0.25, 0.3) is 0 Å². The van der Waals surface area contributed by atoms with E-state index in [1.807, 2.05) is 0 Å². The molecule has 298 valence electrons. The van der Waals surface area contributed by atoms with Crippen molar-refractivity contribution >= 4 is 38.9 Å². The smallest absolute Gasteiger partial charge is 0.0543 e. The first kappa shape index (κ1) is 37.0. The van der Waals surface area contributed by atoms with Crippen LogP contribution in [0.15, 0.2) is 127 Å². The SMILES string of the molecule is CC1(C)c2cc(C3CCCCC3)ccc2-c2ccc(N(c3ccc(C4CCCCC4)cc3)c3ccc4c(c3)c3ccc(C5CCCCC5)cc3n4-c3ccccc3)cc21. The van der Waals surface area contributed by atoms with Crippen LogP contribution >= 0.6 is 0 Å². The van der Waals surface area contributed by atoms with Gasteiger partial charge in [-0.05, 0) is 156 Å². The molecule has 2 heteroatoms. The van der Waals surface area contributed by atoms with Crippen molar-refractivity contribution in [3.8, 4) is 16.8 Å². The number of para-hydroxylation sites is 1. The quantitative estimate of drug-likeness (QED) is 0.157. The van der Waals surface area contributed by atoms with Crippen molar-refractivity contribution in [2.45, 2.75) is 133 Å². The van der Waals surface area contributed by atoms with E-state index in [-0.39, 0.29) is 5.41 Å². The molecule has 59 heavy (non-hydrogen) atoms. The summed E-state index contributed by atoms with van der Waals surface area (Å²) in [5.74, 6) is 2.05. The van der Waals surface area contributed by atoms with Gasteiger partial charge in [-0.3, -0.25) is 0 Å². The summed E-state index contributed by atoms with van der Waals surface area (Å²) < 4.78 is 2.51. The predicted molar refractivity (Wildman–Crippen MR) is 251 cm³/mol. The molecule has 4 aliphatic rings. The highest BCUT2D eigenvalue weighted by molar-refractivity contribution is 6.11. The van der Waals surface area contributed by atoms with Crippen molar-refractivity contribution in [3.63, 3.8) is 0 Å². The molecule has 0 bridgehead atoms. The van der Waals surface area contributed by atoms with Gasteiger partial charge in [0.1, 0.15) is 0 Å². The lowest BCUT2D eigenvalue weighted by Crippen LogP contribution is -2.17. The Morgan fingerprint density at radius 2 is 0.932 bits per heavy atom. The zero-order valence-corrected chi connectivity index (χ0v) is 35.4. The normalized spacial score (nSPS) is 18.6. The van der Waals surface area contributed by atoms with E-state index in [1.54, 1.807) is 5.56 Å². The zero-order valence-electron chi connectivity index (χ0n) is 35.4. The Kier molecular flexibility index (Phi) is 9.51. The van der Waals surface area contributed by atoms with Crippen LogP contribution in [0.25, 0.3) is 38.6 Å². The van der Waals surface area contributed by atoms with E-state index in [0.717, 1.165) is 0 Å². The first-order valence-corrected chi connectivity index (χ1v) is 23.3. The molecule has 2 nitrogen and oxygen atoms in total. The number of aromatic nitrogens is 1. The van der Waals surface area contributed by atoms with E-state index >= 15 is 0 Å². The topological polar surface area (TPSA) is 8.17 Å². The fraction of sp³-hybridized carbons (Fsp3) is 0.368. The third-order valence-electron chi connectivity index (χ3n) is 15.4. The van der Waals surface area contributed by atoms with Crippen molar-refractivity contribution in [1.29, 1.82) is 0 Å². The molecule has 0 atom stereocenters. The Labute approximate surface area is 352 Å². The van der Waals surface area contributed by atoms with Gasteiger partial charge < -0.3 is 9.47 Å². The highest BCUT2D eigenvalue weighted by Gasteiger charge is 2.37. The highest BCUT2D eigenvalue weighted by Crippen LogP contribution is 2.52. The fourth-order valence-corrected chi connectivity index (χ4v) is 12.1. The molecule has 0 aliphatic heterocycles. The van der Waals surface area contributed by atoms with Crippen LogP contribution in [0.5, 0.6) is 0 Å². The molecule has 3 fully saturated rings. The molecule has 11 rings (SSSR count). The first-order valence-electron chi connectivity index (χ1n) is 23.3. The summed E-state index contributed by atoms with van der Waals surface area (Å²) in [4.78, 5) is 2.54. The minimum Gasteiger partial charge on any atom is -0.310 e. The molecule has 6 aromatic carbocycles. The van der Waals surface area contributed by atoms with Crippen LogP contribution in [0.2, 0.25) is 0 Å². The van der Waals surface area contributed by atoms with Crippen LogP contribution in [-0.2, 0) is 5.41 Å². The van der Waals surface area contributed by atoms with Crippen molar-refractivity contribution in [3.05, 3.63) is 155 Å². The van der Waals surface area contributed by atoms with Crippen molar-refractivity contribution in [2.75, 3.05) is 4.90 Å². The summed E-state index contributed by atoms with van der Waals surface area (Å²) >= 11 is 0. The van der Waals surface area contributed by atoms with Crippen LogP contribution in [0, 0.1) is 0 Å². The van der Waals surface area contributed by atoms with E-state index in [9.17, 15) is 0 Å². The van der Waals surface area contributed by atoms with Gasteiger partial charge in [0, 0.05) is 38.9 Å². The Balaban J connectivity index is 1.05. The average Bonchev–Trinajstić information content (AvgIpc) is 3.74. The van der Waals surface area contributed by atoms with Gasteiger partial charge in [0.15, 0.2) is 0 Å². The Morgan fingerprint density at radius 1 is 0.424 bits per heavy atom. The van der Waals surface area contributed by atoms with Crippen LogP contribution in [-0.4, -0.2) is 4.57 Å². The van der Waals surface area contributed by atoms with Crippen molar-refractivity contribution in [2.24, 2.45) is 0 Å². The second-order valence-electron chi connectivity index (χ2n) is 19.2. The minimum atomic E-state index is -0.0784. The largest absolute Gasteiger partial charge is 0.310 e. The minimum absolute atomic E-state index is 0.0784. The maximum Gasteiger partial charge on any atom is 0.0543 e. The van der Waals surface area contributed by atoms with Gasteiger partial charge in [0.05, 0.1) is 11.0 Å².